The van der Waals surface area contributed by atoms with Gasteiger partial charge in [0, 0.05) is 19.6 Å². The number of likely N-dealkylation sites (tertiary alicyclic amines) is 1. The summed E-state index contributed by atoms with van der Waals surface area (Å²) in [6.45, 7) is 9.33. The molecule has 0 amide bonds. The fourth-order valence-electron chi connectivity index (χ4n) is 1.52. The molecule has 70 valence electrons. The highest BCUT2D eigenvalue weighted by Crippen LogP contribution is 2.28. The van der Waals surface area contributed by atoms with Crippen LogP contribution in [0.4, 0.5) is 0 Å². The van der Waals surface area contributed by atoms with Crippen LogP contribution < -0.4 is 11.3 Å². The second-order valence-electron chi connectivity index (χ2n) is 3.96. The van der Waals surface area contributed by atoms with Crippen LogP contribution in [0.1, 0.15) is 20.8 Å². The van der Waals surface area contributed by atoms with Crippen LogP contribution in [0, 0.1) is 5.41 Å². The molecular formula is C8H18N4. The van der Waals surface area contributed by atoms with Crippen molar-refractivity contribution < 1.29 is 0 Å². The van der Waals surface area contributed by atoms with E-state index in [0.29, 0.717) is 5.41 Å². The number of nitrogens with two attached hydrogens (primary N) is 1. The van der Waals surface area contributed by atoms with E-state index in [2.05, 4.69) is 29.2 Å². The van der Waals surface area contributed by atoms with E-state index in [0.717, 1.165) is 25.6 Å². The van der Waals surface area contributed by atoms with E-state index in [1.165, 1.54) is 0 Å². The molecule has 4 nitrogen and oxygen atoms in total. The lowest BCUT2D eigenvalue weighted by Gasteiger charge is -2.47. The molecule has 0 aromatic heterocycles. The van der Waals surface area contributed by atoms with Gasteiger partial charge in [-0.25, -0.2) is 5.84 Å². The Kier molecular flexibility index (Phi) is 2.57. The Morgan fingerprint density at radius 1 is 1.58 bits per heavy atom. The summed E-state index contributed by atoms with van der Waals surface area (Å²) in [7, 11) is 0. The molecule has 1 heterocycles. The first-order valence-electron chi connectivity index (χ1n) is 4.35. The van der Waals surface area contributed by atoms with E-state index in [4.69, 9.17) is 5.84 Å². The van der Waals surface area contributed by atoms with E-state index in [9.17, 15) is 0 Å². The van der Waals surface area contributed by atoms with Gasteiger partial charge in [-0.1, -0.05) is 13.8 Å². The molecular weight excluding hydrogens is 152 g/mol. The summed E-state index contributed by atoms with van der Waals surface area (Å²) in [5.74, 6) is 6.15. The van der Waals surface area contributed by atoms with Gasteiger partial charge in [-0.2, -0.15) is 0 Å². The maximum absolute atomic E-state index is 5.34. The molecule has 3 N–H and O–H groups in total. The second kappa shape index (κ2) is 3.31. The lowest BCUT2D eigenvalue weighted by atomic mass is 9.85. The SMILES string of the molecule is CCN=C(NN)N1CC(C)(C)C1. The van der Waals surface area contributed by atoms with Crippen molar-refractivity contribution in [3.63, 3.8) is 0 Å². The predicted molar refractivity (Wildman–Crippen MR) is 50.7 cm³/mol. The molecule has 0 unspecified atom stereocenters. The zero-order chi connectivity index (χ0) is 9.19. The van der Waals surface area contributed by atoms with Crippen molar-refractivity contribution in [3.05, 3.63) is 0 Å². The van der Waals surface area contributed by atoms with Crippen LogP contribution in [-0.4, -0.2) is 30.5 Å². The van der Waals surface area contributed by atoms with E-state index >= 15 is 0 Å². The molecule has 0 aromatic carbocycles. The average Bonchev–Trinajstić information content (AvgIpc) is 1.95. The van der Waals surface area contributed by atoms with Gasteiger partial charge in [0.25, 0.3) is 0 Å². The summed E-state index contributed by atoms with van der Waals surface area (Å²) in [5.41, 5.74) is 3.04. The molecule has 0 atom stereocenters. The topological polar surface area (TPSA) is 53.6 Å². The van der Waals surface area contributed by atoms with Crippen molar-refractivity contribution in [2.75, 3.05) is 19.6 Å². The van der Waals surface area contributed by atoms with Gasteiger partial charge in [-0.3, -0.25) is 10.4 Å². The molecule has 12 heavy (non-hydrogen) atoms. The number of nitrogens with one attached hydrogen (secondary N) is 1. The fraction of sp³-hybridized carbons (Fsp3) is 0.875. The highest BCUT2D eigenvalue weighted by Gasteiger charge is 2.35. The Morgan fingerprint density at radius 3 is 2.50 bits per heavy atom. The number of hydrazine groups is 1. The number of nitrogens with zero attached hydrogens (tertiary/aromatic N) is 2. The number of guanidine groups is 1. The van der Waals surface area contributed by atoms with Crippen LogP contribution >= 0.6 is 0 Å². The highest BCUT2D eigenvalue weighted by atomic mass is 15.4. The lowest BCUT2D eigenvalue weighted by molar-refractivity contribution is 0.0945. The maximum Gasteiger partial charge on any atom is 0.208 e. The molecule has 0 aromatic rings. The smallest absolute Gasteiger partial charge is 0.208 e. The van der Waals surface area contributed by atoms with Crippen LogP contribution in [0.3, 0.4) is 0 Å². The lowest BCUT2D eigenvalue weighted by Crippen LogP contribution is -2.60. The minimum atomic E-state index is 0.422. The Morgan fingerprint density at radius 2 is 2.17 bits per heavy atom. The zero-order valence-electron chi connectivity index (χ0n) is 8.09. The standard InChI is InChI=1S/C8H18N4/c1-4-10-7(11-9)12-5-8(2,3)6-12/h4-6,9H2,1-3H3,(H,10,11). The molecule has 1 aliphatic rings. The number of aliphatic imine (C=N–C) groups is 1. The highest BCUT2D eigenvalue weighted by molar-refractivity contribution is 5.80. The summed E-state index contributed by atoms with van der Waals surface area (Å²) in [6.07, 6.45) is 0. The van der Waals surface area contributed by atoms with Gasteiger partial charge < -0.3 is 4.90 Å². The van der Waals surface area contributed by atoms with Crippen LogP contribution in [0.5, 0.6) is 0 Å². The van der Waals surface area contributed by atoms with Crippen molar-refractivity contribution in [3.8, 4) is 0 Å². The molecule has 1 fully saturated rings. The van der Waals surface area contributed by atoms with Crippen LogP contribution in [0.25, 0.3) is 0 Å². The molecule has 0 aliphatic carbocycles. The van der Waals surface area contributed by atoms with Crippen molar-refractivity contribution in [2.24, 2.45) is 16.3 Å². The second-order valence-corrected chi connectivity index (χ2v) is 3.96. The molecule has 1 rings (SSSR count). The van der Waals surface area contributed by atoms with E-state index in [1.807, 2.05) is 6.92 Å². The third-order valence-electron chi connectivity index (χ3n) is 1.97. The monoisotopic (exact) mass is 170 g/mol. The normalized spacial score (nSPS) is 22.0. The Bertz CT molecular complexity index is 177. The van der Waals surface area contributed by atoms with E-state index in [-0.39, 0.29) is 0 Å². The largest absolute Gasteiger partial charge is 0.341 e. The van der Waals surface area contributed by atoms with Crippen molar-refractivity contribution in [2.45, 2.75) is 20.8 Å². The third-order valence-corrected chi connectivity index (χ3v) is 1.97. The van der Waals surface area contributed by atoms with E-state index < -0.39 is 0 Å². The van der Waals surface area contributed by atoms with Gasteiger partial charge in [-0.05, 0) is 12.3 Å². The van der Waals surface area contributed by atoms with Crippen LogP contribution in [-0.2, 0) is 0 Å². The molecule has 1 saturated heterocycles. The summed E-state index contributed by atoms with van der Waals surface area (Å²) >= 11 is 0. The van der Waals surface area contributed by atoms with Gasteiger partial charge in [0.15, 0.2) is 0 Å². The van der Waals surface area contributed by atoms with Crippen molar-refractivity contribution in [1.82, 2.24) is 10.3 Å². The first-order valence-corrected chi connectivity index (χ1v) is 4.35. The Hall–Kier alpha value is -0.770. The Labute approximate surface area is 73.8 Å². The van der Waals surface area contributed by atoms with Crippen molar-refractivity contribution >= 4 is 5.96 Å². The van der Waals surface area contributed by atoms with Gasteiger partial charge in [-0.15, -0.1) is 0 Å². The molecule has 0 radical (unpaired) electrons. The summed E-state index contributed by atoms with van der Waals surface area (Å²) < 4.78 is 0. The molecule has 4 heteroatoms. The number of rotatable bonds is 1. The van der Waals surface area contributed by atoms with Gasteiger partial charge in [0.05, 0.1) is 0 Å². The summed E-state index contributed by atoms with van der Waals surface area (Å²) in [6, 6.07) is 0. The first-order chi connectivity index (χ1) is 5.59. The molecule has 0 spiro atoms. The third kappa shape index (κ3) is 1.88. The summed E-state index contributed by atoms with van der Waals surface area (Å²) in [5, 5.41) is 0. The number of hydrogen-bond donors (Lipinski definition) is 2. The van der Waals surface area contributed by atoms with Gasteiger partial charge >= 0.3 is 0 Å². The van der Waals surface area contributed by atoms with Gasteiger partial charge in [0.1, 0.15) is 0 Å². The maximum atomic E-state index is 5.34. The molecule has 1 aliphatic heterocycles. The summed E-state index contributed by atoms with van der Waals surface area (Å²) in [4.78, 5) is 6.39. The quantitative estimate of drug-likeness (QED) is 0.255. The number of hydrogen-bond acceptors (Lipinski definition) is 2. The van der Waals surface area contributed by atoms with E-state index in [1.54, 1.807) is 0 Å². The predicted octanol–water partition coefficient (Wildman–Crippen LogP) is 0.167. The Balaban J connectivity index is 2.45. The fourth-order valence-corrected chi connectivity index (χ4v) is 1.52. The first kappa shape index (κ1) is 9.32. The minimum absolute atomic E-state index is 0.422. The zero-order valence-corrected chi connectivity index (χ0v) is 8.09. The van der Waals surface area contributed by atoms with Gasteiger partial charge in [0.2, 0.25) is 5.96 Å². The van der Waals surface area contributed by atoms with Crippen LogP contribution in [0.2, 0.25) is 0 Å². The van der Waals surface area contributed by atoms with Crippen LogP contribution in [0.15, 0.2) is 4.99 Å². The average molecular weight is 170 g/mol. The molecule has 0 bridgehead atoms. The molecule has 0 saturated carbocycles. The van der Waals surface area contributed by atoms with Crippen molar-refractivity contribution in [1.29, 1.82) is 0 Å². The minimum Gasteiger partial charge on any atom is -0.341 e.